The minimum atomic E-state index is -0.147. The van der Waals surface area contributed by atoms with E-state index in [0.29, 0.717) is 27.6 Å². The smallest absolute Gasteiger partial charge is 0.202 e. The molecule has 0 amide bonds. The van der Waals surface area contributed by atoms with Crippen LogP contribution in [0.4, 0.5) is 11.4 Å². The molecule has 2 aromatic carbocycles. The number of anilines is 2. The predicted molar refractivity (Wildman–Crippen MR) is 68.8 cm³/mol. The van der Waals surface area contributed by atoms with Crippen LogP contribution in [0.1, 0.15) is 0 Å². The maximum Gasteiger partial charge on any atom is 0.202 e. The van der Waals surface area contributed by atoms with Crippen LogP contribution in [0.5, 0.6) is 0 Å². The lowest BCUT2D eigenvalue weighted by atomic mass is 10.1. The van der Waals surface area contributed by atoms with Crippen molar-refractivity contribution in [1.29, 1.82) is 0 Å². The Morgan fingerprint density at radius 3 is 2.53 bits per heavy atom. The molecule has 3 rings (SSSR count). The third-order valence-corrected chi connectivity index (χ3v) is 2.82. The molecular formula is C13H10N2O2. The van der Waals surface area contributed by atoms with E-state index in [1.54, 1.807) is 30.3 Å². The van der Waals surface area contributed by atoms with Crippen molar-refractivity contribution in [2.45, 2.75) is 0 Å². The van der Waals surface area contributed by atoms with E-state index in [-0.39, 0.29) is 11.1 Å². The van der Waals surface area contributed by atoms with Gasteiger partial charge in [-0.15, -0.1) is 0 Å². The summed E-state index contributed by atoms with van der Waals surface area (Å²) in [5.41, 5.74) is 13.0. The fourth-order valence-corrected chi connectivity index (χ4v) is 1.93. The molecule has 0 atom stereocenters. The van der Waals surface area contributed by atoms with E-state index in [9.17, 15) is 4.79 Å². The first-order valence-electron chi connectivity index (χ1n) is 5.18. The molecule has 0 aliphatic rings. The highest BCUT2D eigenvalue weighted by molar-refractivity contribution is 6.00. The largest absolute Gasteiger partial charge is 0.456 e. The van der Waals surface area contributed by atoms with Gasteiger partial charge in [-0.2, -0.15) is 0 Å². The molecule has 0 saturated carbocycles. The van der Waals surface area contributed by atoms with E-state index in [2.05, 4.69) is 0 Å². The Hall–Kier alpha value is -2.49. The standard InChI is InChI=1S/C13H10N2O2/c14-8-5-6-10-11(12(8)15)13(16)7-3-1-2-4-9(7)17-10/h1-6H,14-15H2. The van der Waals surface area contributed by atoms with Crippen LogP contribution in [0.2, 0.25) is 0 Å². The fraction of sp³-hybridized carbons (Fsp3) is 0. The van der Waals surface area contributed by atoms with Gasteiger partial charge in [-0.3, -0.25) is 4.79 Å². The van der Waals surface area contributed by atoms with Crippen molar-refractivity contribution in [3.05, 3.63) is 46.6 Å². The summed E-state index contributed by atoms with van der Waals surface area (Å²) in [6, 6.07) is 10.4. The summed E-state index contributed by atoms with van der Waals surface area (Å²) in [6.45, 7) is 0. The highest BCUT2D eigenvalue weighted by Crippen LogP contribution is 2.26. The summed E-state index contributed by atoms with van der Waals surface area (Å²) in [7, 11) is 0. The monoisotopic (exact) mass is 226 g/mol. The number of para-hydroxylation sites is 1. The molecule has 0 unspecified atom stereocenters. The number of benzene rings is 2. The Balaban J connectivity index is 2.66. The highest BCUT2D eigenvalue weighted by Gasteiger charge is 2.11. The van der Waals surface area contributed by atoms with Crippen LogP contribution in [-0.2, 0) is 0 Å². The van der Waals surface area contributed by atoms with Gasteiger partial charge in [-0.1, -0.05) is 12.1 Å². The molecule has 4 nitrogen and oxygen atoms in total. The molecule has 84 valence electrons. The molecule has 1 heterocycles. The molecule has 0 saturated heterocycles. The first-order chi connectivity index (χ1) is 8.18. The Labute approximate surface area is 96.4 Å². The zero-order chi connectivity index (χ0) is 12.0. The van der Waals surface area contributed by atoms with Gasteiger partial charge >= 0.3 is 0 Å². The van der Waals surface area contributed by atoms with E-state index >= 15 is 0 Å². The SMILES string of the molecule is Nc1ccc2oc3ccccc3c(=O)c2c1N. The molecule has 3 aromatic rings. The van der Waals surface area contributed by atoms with Crippen LogP contribution in [-0.4, -0.2) is 0 Å². The first-order valence-corrected chi connectivity index (χ1v) is 5.18. The van der Waals surface area contributed by atoms with E-state index in [4.69, 9.17) is 15.9 Å². The van der Waals surface area contributed by atoms with E-state index in [1.807, 2.05) is 6.07 Å². The highest BCUT2D eigenvalue weighted by atomic mass is 16.3. The van der Waals surface area contributed by atoms with Crippen LogP contribution >= 0.6 is 0 Å². The molecule has 4 N–H and O–H groups in total. The molecule has 4 heteroatoms. The third kappa shape index (κ3) is 1.27. The molecule has 0 fully saturated rings. The number of rotatable bonds is 0. The lowest BCUT2D eigenvalue weighted by Gasteiger charge is -2.05. The van der Waals surface area contributed by atoms with Gasteiger partial charge in [0.05, 0.1) is 22.1 Å². The van der Waals surface area contributed by atoms with Gasteiger partial charge in [0.25, 0.3) is 0 Å². The number of fused-ring (bicyclic) bond motifs is 2. The van der Waals surface area contributed by atoms with Crippen LogP contribution < -0.4 is 16.9 Å². The molecule has 17 heavy (non-hydrogen) atoms. The van der Waals surface area contributed by atoms with E-state index < -0.39 is 0 Å². The average Bonchev–Trinajstić information content (AvgIpc) is 2.34. The number of nitrogen functional groups attached to an aromatic ring is 2. The second-order valence-corrected chi connectivity index (χ2v) is 3.87. The molecular weight excluding hydrogens is 216 g/mol. The molecule has 1 aromatic heterocycles. The van der Waals surface area contributed by atoms with Crippen LogP contribution in [0.15, 0.2) is 45.6 Å². The van der Waals surface area contributed by atoms with Crippen molar-refractivity contribution in [3.8, 4) is 0 Å². The number of hydrogen-bond acceptors (Lipinski definition) is 4. The average molecular weight is 226 g/mol. The quantitative estimate of drug-likeness (QED) is 0.454. The van der Waals surface area contributed by atoms with Crippen molar-refractivity contribution in [1.82, 2.24) is 0 Å². The second-order valence-electron chi connectivity index (χ2n) is 3.87. The van der Waals surface area contributed by atoms with Crippen molar-refractivity contribution in [2.75, 3.05) is 11.5 Å². The van der Waals surface area contributed by atoms with Gasteiger partial charge in [0.2, 0.25) is 5.43 Å². The summed E-state index contributed by atoms with van der Waals surface area (Å²) in [4.78, 5) is 12.3. The van der Waals surface area contributed by atoms with Gasteiger partial charge in [0.1, 0.15) is 11.2 Å². The molecule has 0 spiro atoms. The fourth-order valence-electron chi connectivity index (χ4n) is 1.93. The summed E-state index contributed by atoms with van der Waals surface area (Å²) in [5, 5.41) is 0.862. The summed E-state index contributed by atoms with van der Waals surface area (Å²) < 4.78 is 5.63. The van der Waals surface area contributed by atoms with Gasteiger partial charge in [-0.05, 0) is 24.3 Å². The molecule has 0 bridgehead atoms. The van der Waals surface area contributed by atoms with Crippen molar-refractivity contribution in [2.24, 2.45) is 0 Å². The second kappa shape index (κ2) is 3.25. The van der Waals surface area contributed by atoms with Crippen LogP contribution in [0.25, 0.3) is 21.9 Å². The van der Waals surface area contributed by atoms with Crippen LogP contribution in [0, 0.1) is 0 Å². The zero-order valence-corrected chi connectivity index (χ0v) is 8.94. The Morgan fingerprint density at radius 1 is 0.941 bits per heavy atom. The Bertz CT molecular complexity index is 790. The predicted octanol–water partition coefficient (Wildman–Crippen LogP) is 2.11. The van der Waals surface area contributed by atoms with Gasteiger partial charge in [0.15, 0.2) is 0 Å². The Morgan fingerprint density at radius 2 is 1.71 bits per heavy atom. The summed E-state index contributed by atoms with van der Waals surface area (Å²) >= 11 is 0. The van der Waals surface area contributed by atoms with Crippen molar-refractivity contribution in [3.63, 3.8) is 0 Å². The number of nitrogens with two attached hydrogens (primary N) is 2. The minimum absolute atomic E-state index is 0.147. The normalized spacial score (nSPS) is 11.1. The molecule has 0 radical (unpaired) electrons. The Kier molecular flexibility index (Phi) is 1.86. The summed E-state index contributed by atoms with van der Waals surface area (Å²) in [5.74, 6) is 0. The lowest BCUT2D eigenvalue weighted by Crippen LogP contribution is -2.06. The third-order valence-electron chi connectivity index (χ3n) is 2.82. The summed E-state index contributed by atoms with van der Waals surface area (Å²) in [6.07, 6.45) is 0. The van der Waals surface area contributed by atoms with Gasteiger partial charge < -0.3 is 15.9 Å². The topological polar surface area (TPSA) is 82.2 Å². The van der Waals surface area contributed by atoms with E-state index in [0.717, 1.165) is 0 Å². The van der Waals surface area contributed by atoms with Crippen LogP contribution in [0.3, 0.4) is 0 Å². The molecule has 0 aliphatic carbocycles. The maximum atomic E-state index is 12.3. The van der Waals surface area contributed by atoms with E-state index in [1.165, 1.54) is 0 Å². The van der Waals surface area contributed by atoms with Gasteiger partial charge in [0, 0.05) is 0 Å². The number of hydrogen-bond donors (Lipinski definition) is 2. The van der Waals surface area contributed by atoms with Gasteiger partial charge in [-0.25, -0.2) is 0 Å². The van der Waals surface area contributed by atoms with Crippen molar-refractivity contribution < 1.29 is 4.42 Å². The lowest BCUT2D eigenvalue weighted by molar-refractivity contribution is 0.660. The first kappa shape index (κ1) is 9.72. The molecule has 0 aliphatic heterocycles. The zero-order valence-electron chi connectivity index (χ0n) is 8.94. The minimum Gasteiger partial charge on any atom is -0.456 e. The van der Waals surface area contributed by atoms with Crippen molar-refractivity contribution >= 4 is 33.3 Å². The maximum absolute atomic E-state index is 12.3.